The summed E-state index contributed by atoms with van der Waals surface area (Å²) in [6.45, 7) is 2.00. The van der Waals surface area contributed by atoms with Crippen molar-refractivity contribution in [1.82, 2.24) is 19.4 Å². The topological polar surface area (TPSA) is 178 Å². The van der Waals surface area contributed by atoms with Gasteiger partial charge in [0.25, 0.3) is 17.6 Å². The number of ether oxygens (including phenoxy) is 2. The Morgan fingerprint density at radius 2 is 1.65 bits per heavy atom. The SMILES string of the molecule is COc1cnc(OC)c2c1c(C(=O)C(=O)N1CCN(C(=O)c3ccccc3)CC1)cn2COP(=O)(O)CCCCC[C@H](C)C(=O)O. The van der Waals surface area contributed by atoms with Gasteiger partial charge in [-0.25, -0.2) is 4.98 Å². The zero-order valence-electron chi connectivity index (χ0n) is 26.1. The summed E-state index contributed by atoms with van der Waals surface area (Å²) in [6, 6.07) is 8.82. The number of carbonyl (C=O) groups is 4. The standard InChI is InChI=1S/C31H39N4O10P/c1-21(31(39)40)10-6-5-9-17-46(41,42)45-20-35-19-23(25-24(43-2)18-32-28(44-3)26(25)35)27(36)30(38)34-15-13-33(14-16-34)29(37)22-11-7-4-8-12-22/h4,7-8,11-12,18-19,21H,5-6,9-10,13-17,20H2,1-3H3,(H,39,40)(H,41,42)/t21-/m0/s1. The highest BCUT2D eigenvalue weighted by molar-refractivity contribution is 7.52. The number of methoxy groups -OCH3 is 2. The largest absolute Gasteiger partial charge is 0.494 e. The lowest BCUT2D eigenvalue weighted by atomic mass is 10.0. The van der Waals surface area contributed by atoms with Crippen molar-refractivity contribution in [2.75, 3.05) is 46.6 Å². The molecule has 1 aromatic carbocycles. The third kappa shape index (κ3) is 8.11. The molecule has 1 aliphatic heterocycles. The lowest BCUT2D eigenvalue weighted by Crippen LogP contribution is -2.52. The second-order valence-electron chi connectivity index (χ2n) is 11.1. The molecule has 2 atom stereocenters. The molecule has 46 heavy (non-hydrogen) atoms. The van der Waals surface area contributed by atoms with Crippen LogP contribution in [0.15, 0.2) is 42.7 Å². The molecule has 1 aliphatic rings. The van der Waals surface area contributed by atoms with Crippen LogP contribution in [0.2, 0.25) is 0 Å². The number of carboxylic acids is 1. The first-order valence-electron chi connectivity index (χ1n) is 14.9. The summed E-state index contributed by atoms with van der Waals surface area (Å²) in [4.78, 5) is 68.7. The predicted molar refractivity (Wildman–Crippen MR) is 167 cm³/mol. The van der Waals surface area contributed by atoms with Crippen LogP contribution in [0.4, 0.5) is 0 Å². The highest BCUT2D eigenvalue weighted by Gasteiger charge is 2.33. The van der Waals surface area contributed by atoms with Gasteiger partial charge in [-0.2, -0.15) is 0 Å². The van der Waals surface area contributed by atoms with Gasteiger partial charge in [0, 0.05) is 37.9 Å². The van der Waals surface area contributed by atoms with E-state index in [9.17, 15) is 28.6 Å². The van der Waals surface area contributed by atoms with Crippen molar-refractivity contribution >= 4 is 42.1 Å². The van der Waals surface area contributed by atoms with Crippen LogP contribution in [0.5, 0.6) is 11.6 Å². The lowest BCUT2D eigenvalue weighted by molar-refractivity contribution is -0.141. The number of hydrogen-bond acceptors (Lipinski definition) is 9. The molecule has 248 valence electrons. The van der Waals surface area contributed by atoms with Gasteiger partial charge in [-0.1, -0.05) is 38.0 Å². The third-order valence-electron chi connectivity index (χ3n) is 7.95. The number of amides is 2. The van der Waals surface area contributed by atoms with Crippen molar-refractivity contribution < 1.29 is 47.7 Å². The summed E-state index contributed by atoms with van der Waals surface area (Å²) in [7, 11) is -1.32. The Hall–Kier alpha value is -4.26. The molecular weight excluding hydrogens is 619 g/mol. The maximum Gasteiger partial charge on any atom is 0.329 e. The minimum absolute atomic E-state index is 0.0238. The van der Waals surface area contributed by atoms with Gasteiger partial charge >= 0.3 is 13.6 Å². The van der Waals surface area contributed by atoms with E-state index < -0.39 is 37.9 Å². The number of carboxylic acid groups (broad SMARTS) is 1. The van der Waals surface area contributed by atoms with E-state index in [-0.39, 0.29) is 66.3 Å². The maximum atomic E-state index is 13.7. The highest BCUT2D eigenvalue weighted by Crippen LogP contribution is 2.44. The van der Waals surface area contributed by atoms with E-state index in [1.54, 1.807) is 36.1 Å². The van der Waals surface area contributed by atoms with Gasteiger partial charge in [0.2, 0.25) is 5.88 Å². The molecule has 1 saturated heterocycles. The Morgan fingerprint density at radius 1 is 0.978 bits per heavy atom. The molecule has 0 bridgehead atoms. The van der Waals surface area contributed by atoms with Crippen LogP contribution < -0.4 is 9.47 Å². The molecular formula is C31H39N4O10P. The fraction of sp³-hybridized carbons (Fsp3) is 0.452. The van der Waals surface area contributed by atoms with E-state index in [0.717, 1.165) is 0 Å². The summed E-state index contributed by atoms with van der Waals surface area (Å²) < 4.78 is 30.5. The Labute approximate surface area is 266 Å². The molecule has 0 radical (unpaired) electrons. The number of hydrogen-bond donors (Lipinski definition) is 2. The molecule has 2 amide bonds. The molecule has 2 N–H and O–H groups in total. The molecule has 0 aliphatic carbocycles. The number of Topliss-reactive ketones (excluding diaryl/α,β-unsaturated/α-hetero) is 1. The summed E-state index contributed by atoms with van der Waals surface area (Å²) >= 11 is 0. The zero-order valence-corrected chi connectivity index (χ0v) is 27.0. The molecule has 4 rings (SSSR count). The maximum absolute atomic E-state index is 13.7. The summed E-state index contributed by atoms with van der Waals surface area (Å²) in [5.41, 5.74) is 0.754. The second-order valence-corrected chi connectivity index (χ2v) is 13.0. The molecule has 0 saturated carbocycles. The van der Waals surface area contributed by atoms with Gasteiger partial charge in [-0.15, -0.1) is 0 Å². The second kappa shape index (κ2) is 15.4. The third-order valence-corrected chi connectivity index (χ3v) is 9.35. The predicted octanol–water partition coefficient (Wildman–Crippen LogP) is 3.66. The first kappa shape index (κ1) is 34.6. The molecule has 3 heterocycles. The number of carbonyl (C=O) groups excluding carboxylic acids is 3. The van der Waals surface area contributed by atoms with E-state index in [1.165, 1.54) is 36.1 Å². The van der Waals surface area contributed by atoms with E-state index in [4.69, 9.17) is 19.1 Å². The van der Waals surface area contributed by atoms with E-state index in [0.29, 0.717) is 31.2 Å². The van der Waals surface area contributed by atoms with E-state index in [2.05, 4.69) is 4.98 Å². The Kier molecular flexibility index (Phi) is 11.5. The molecule has 14 nitrogen and oxygen atoms in total. The van der Waals surface area contributed by atoms with Crippen LogP contribution in [0, 0.1) is 5.92 Å². The fourth-order valence-electron chi connectivity index (χ4n) is 5.27. The monoisotopic (exact) mass is 658 g/mol. The van der Waals surface area contributed by atoms with Crippen LogP contribution in [0.25, 0.3) is 10.9 Å². The van der Waals surface area contributed by atoms with Crippen molar-refractivity contribution in [2.45, 2.75) is 39.3 Å². The minimum Gasteiger partial charge on any atom is -0.494 e. The van der Waals surface area contributed by atoms with Crippen molar-refractivity contribution in [3.8, 4) is 11.6 Å². The Balaban J connectivity index is 1.48. The number of pyridine rings is 1. The van der Waals surface area contributed by atoms with Gasteiger partial charge in [-0.05, 0) is 25.0 Å². The number of unbranched alkanes of at least 4 members (excludes halogenated alkanes) is 2. The van der Waals surface area contributed by atoms with Crippen LogP contribution in [-0.2, 0) is 25.4 Å². The van der Waals surface area contributed by atoms with Crippen LogP contribution in [0.1, 0.15) is 53.3 Å². The fourth-order valence-corrected chi connectivity index (χ4v) is 6.33. The summed E-state index contributed by atoms with van der Waals surface area (Å²) in [5, 5.41) is 9.24. The van der Waals surface area contributed by atoms with Crippen molar-refractivity contribution in [2.24, 2.45) is 5.92 Å². The quantitative estimate of drug-likeness (QED) is 0.105. The summed E-state index contributed by atoms with van der Waals surface area (Å²) in [6.07, 6.45) is 4.53. The lowest BCUT2D eigenvalue weighted by Gasteiger charge is -2.34. The average molecular weight is 659 g/mol. The number of rotatable bonds is 15. The van der Waals surface area contributed by atoms with Crippen molar-refractivity contribution in [1.29, 1.82) is 0 Å². The number of nitrogens with zero attached hydrogens (tertiary/aromatic N) is 4. The number of ketones is 1. The van der Waals surface area contributed by atoms with E-state index >= 15 is 0 Å². The molecule has 0 spiro atoms. The number of benzene rings is 1. The van der Waals surface area contributed by atoms with Gasteiger partial charge in [0.1, 0.15) is 18.0 Å². The number of fused-ring (bicyclic) bond motifs is 1. The normalized spacial score (nSPS) is 15.3. The molecule has 1 fully saturated rings. The van der Waals surface area contributed by atoms with Gasteiger partial charge in [0.15, 0.2) is 0 Å². The first-order valence-corrected chi connectivity index (χ1v) is 16.7. The van der Waals surface area contributed by atoms with Crippen molar-refractivity contribution in [3.05, 3.63) is 53.9 Å². The van der Waals surface area contributed by atoms with Gasteiger partial charge in [0.05, 0.1) is 43.4 Å². The summed E-state index contributed by atoms with van der Waals surface area (Å²) in [5.74, 6) is -2.85. The number of aromatic nitrogens is 2. The molecule has 15 heteroatoms. The van der Waals surface area contributed by atoms with Crippen LogP contribution in [0.3, 0.4) is 0 Å². The number of piperazine rings is 1. The smallest absolute Gasteiger partial charge is 0.329 e. The minimum atomic E-state index is -4.08. The molecule has 3 aromatic rings. The van der Waals surface area contributed by atoms with E-state index in [1.807, 2.05) is 6.07 Å². The zero-order chi connectivity index (χ0) is 33.4. The number of aliphatic carboxylic acids is 1. The Morgan fingerprint density at radius 3 is 2.28 bits per heavy atom. The Bertz CT molecular complexity index is 1620. The van der Waals surface area contributed by atoms with Crippen LogP contribution >= 0.6 is 7.60 Å². The van der Waals surface area contributed by atoms with Crippen molar-refractivity contribution in [3.63, 3.8) is 0 Å². The van der Waals surface area contributed by atoms with Crippen LogP contribution in [-0.4, -0.2) is 99.5 Å². The van der Waals surface area contributed by atoms with Gasteiger partial charge < -0.3 is 33.8 Å². The molecule has 2 aromatic heterocycles. The highest BCUT2D eigenvalue weighted by atomic mass is 31.2. The molecule has 1 unspecified atom stereocenters. The average Bonchev–Trinajstić information content (AvgIpc) is 3.46. The van der Waals surface area contributed by atoms with Gasteiger partial charge in [-0.3, -0.25) is 28.3 Å². The first-order chi connectivity index (χ1) is 22.0.